The van der Waals surface area contributed by atoms with Crippen LogP contribution in [0.15, 0.2) is 29.3 Å². The van der Waals surface area contributed by atoms with Crippen molar-refractivity contribution in [2.24, 2.45) is 4.99 Å². The van der Waals surface area contributed by atoms with E-state index in [9.17, 15) is 0 Å². The van der Waals surface area contributed by atoms with Crippen molar-refractivity contribution in [2.75, 3.05) is 59.9 Å². The monoisotopic (exact) mass is 359 g/mol. The Bertz CT molecular complexity index is 549. The highest BCUT2D eigenvalue weighted by atomic mass is 15.3. The first-order valence-corrected chi connectivity index (χ1v) is 10.0. The molecule has 5 nitrogen and oxygen atoms in total. The van der Waals surface area contributed by atoms with E-state index < -0.39 is 0 Å². The Balaban J connectivity index is 1.75. The van der Waals surface area contributed by atoms with Gasteiger partial charge in [-0.1, -0.05) is 24.3 Å². The standard InChI is InChI=1S/C21H37N5/c1-5-22-21(25(4)18-20-11-7-6-10-19(20)2)23-12-8-9-13-26-16-14-24(3)15-17-26/h6-7,10-11H,5,8-9,12-18H2,1-4H3,(H,22,23). The van der Waals surface area contributed by atoms with E-state index >= 15 is 0 Å². The van der Waals surface area contributed by atoms with Gasteiger partial charge in [-0.3, -0.25) is 4.99 Å². The number of unbranched alkanes of at least 4 members (excludes halogenated alkanes) is 1. The van der Waals surface area contributed by atoms with Gasteiger partial charge in [-0.2, -0.15) is 0 Å². The van der Waals surface area contributed by atoms with E-state index in [1.165, 1.54) is 50.3 Å². The van der Waals surface area contributed by atoms with Crippen molar-refractivity contribution >= 4 is 5.96 Å². The lowest BCUT2D eigenvalue weighted by Crippen LogP contribution is -2.44. The largest absolute Gasteiger partial charge is 0.357 e. The Kier molecular flexibility index (Phi) is 8.92. The Morgan fingerprint density at radius 1 is 1.15 bits per heavy atom. The lowest BCUT2D eigenvalue weighted by molar-refractivity contribution is 0.152. The normalized spacial score (nSPS) is 16.7. The lowest BCUT2D eigenvalue weighted by atomic mass is 10.1. The number of likely N-dealkylation sites (N-methyl/N-ethyl adjacent to an activating group) is 1. The molecule has 0 atom stereocenters. The van der Waals surface area contributed by atoms with Crippen LogP contribution >= 0.6 is 0 Å². The zero-order chi connectivity index (χ0) is 18.8. The zero-order valence-corrected chi connectivity index (χ0v) is 17.2. The molecule has 5 heteroatoms. The molecule has 1 saturated heterocycles. The molecule has 0 unspecified atom stereocenters. The second-order valence-corrected chi connectivity index (χ2v) is 7.37. The van der Waals surface area contributed by atoms with Gasteiger partial charge in [0.15, 0.2) is 5.96 Å². The van der Waals surface area contributed by atoms with E-state index in [1.54, 1.807) is 0 Å². The Morgan fingerprint density at radius 2 is 1.88 bits per heavy atom. The quantitative estimate of drug-likeness (QED) is 0.439. The molecule has 146 valence electrons. The van der Waals surface area contributed by atoms with E-state index in [0.29, 0.717) is 0 Å². The van der Waals surface area contributed by atoms with E-state index in [-0.39, 0.29) is 0 Å². The molecule has 0 saturated carbocycles. The summed E-state index contributed by atoms with van der Waals surface area (Å²) in [7, 11) is 4.33. The molecule has 1 aliphatic rings. The van der Waals surface area contributed by atoms with Gasteiger partial charge in [0.1, 0.15) is 0 Å². The second kappa shape index (κ2) is 11.2. The van der Waals surface area contributed by atoms with Crippen LogP contribution in [0.4, 0.5) is 0 Å². The molecule has 0 bridgehead atoms. The molecule has 1 aliphatic heterocycles. The van der Waals surface area contributed by atoms with Crippen LogP contribution in [0.1, 0.15) is 30.9 Å². The molecule has 0 aliphatic carbocycles. The predicted octanol–water partition coefficient (Wildman–Crippen LogP) is 2.42. The first-order chi connectivity index (χ1) is 12.6. The third kappa shape index (κ3) is 6.96. The fourth-order valence-corrected chi connectivity index (χ4v) is 3.29. The number of hydrogen-bond donors (Lipinski definition) is 1. The van der Waals surface area contributed by atoms with Crippen LogP contribution in [0.3, 0.4) is 0 Å². The molecule has 2 rings (SSSR count). The van der Waals surface area contributed by atoms with Gasteiger partial charge >= 0.3 is 0 Å². The summed E-state index contributed by atoms with van der Waals surface area (Å²) in [6.45, 7) is 13.0. The smallest absolute Gasteiger partial charge is 0.193 e. The zero-order valence-electron chi connectivity index (χ0n) is 17.2. The van der Waals surface area contributed by atoms with Crippen molar-refractivity contribution in [3.8, 4) is 0 Å². The Morgan fingerprint density at radius 3 is 2.58 bits per heavy atom. The highest BCUT2D eigenvalue weighted by molar-refractivity contribution is 5.79. The molecule has 1 fully saturated rings. The third-order valence-electron chi connectivity index (χ3n) is 5.11. The van der Waals surface area contributed by atoms with Crippen molar-refractivity contribution < 1.29 is 0 Å². The van der Waals surface area contributed by atoms with Crippen LogP contribution in [0.25, 0.3) is 0 Å². The Labute approximate surface area is 160 Å². The molecule has 1 aromatic rings. The van der Waals surface area contributed by atoms with E-state index in [2.05, 4.69) is 72.2 Å². The number of nitrogens with one attached hydrogen (secondary N) is 1. The van der Waals surface area contributed by atoms with Crippen molar-refractivity contribution in [3.63, 3.8) is 0 Å². The molecular formula is C21H37N5. The molecule has 0 radical (unpaired) electrons. The summed E-state index contributed by atoms with van der Waals surface area (Å²) in [5.41, 5.74) is 2.69. The fraction of sp³-hybridized carbons (Fsp3) is 0.667. The molecule has 1 aromatic carbocycles. The topological polar surface area (TPSA) is 34.1 Å². The van der Waals surface area contributed by atoms with Gasteiger partial charge in [-0.25, -0.2) is 0 Å². The summed E-state index contributed by atoms with van der Waals surface area (Å²) in [6, 6.07) is 8.58. The summed E-state index contributed by atoms with van der Waals surface area (Å²) in [5.74, 6) is 1.01. The third-order valence-corrected chi connectivity index (χ3v) is 5.11. The van der Waals surface area contributed by atoms with Crippen molar-refractivity contribution in [1.82, 2.24) is 20.0 Å². The average molecular weight is 360 g/mol. The van der Waals surface area contributed by atoms with Crippen molar-refractivity contribution in [2.45, 2.75) is 33.2 Å². The summed E-state index contributed by atoms with van der Waals surface area (Å²) >= 11 is 0. The van der Waals surface area contributed by atoms with Crippen LogP contribution in [0.5, 0.6) is 0 Å². The van der Waals surface area contributed by atoms with Gasteiger partial charge in [-0.05, 0) is 51.4 Å². The van der Waals surface area contributed by atoms with E-state index in [0.717, 1.165) is 32.0 Å². The van der Waals surface area contributed by atoms with Gasteiger partial charge in [0.05, 0.1) is 0 Å². The van der Waals surface area contributed by atoms with E-state index in [1.807, 2.05) is 0 Å². The number of benzene rings is 1. The molecular weight excluding hydrogens is 322 g/mol. The van der Waals surface area contributed by atoms with Crippen LogP contribution in [-0.4, -0.2) is 80.6 Å². The Hall–Kier alpha value is -1.59. The average Bonchev–Trinajstić information content (AvgIpc) is 2.64. The SMILES string of the molecule is CCNC(=NCCCCN1CCN(C)CC1)N(C)Cc1ccccc1C. The number of aryl methyl sites for hydroxylation is 1. The molecule has 0 aromatic heterocycles. The highest BCUT2D eigenvalue weighted by Crippen LogP contribution is 2.09. The summed E-state index contributed by atoms with van der Waals surface area (Å²) in [5, 5.41) is 3.43. The molecule has 26 heavy (non-hydrogen) atoms. The minimum Gasteiger partial charge on any atom is -0.357 e. The minimum atomic E-state index is 0.889. The number of hydrogen-bond acceptors (Lipinski definition) is 3. The first-order valence-electron chi connectivity index (χ1n) is 10.0. The maximum Gasteiger partial charge on any atom is 0.193 e. The fourth-order valence-electron chi connectivity index (χ4n) is 3.29. The minimum absolute atomic E-state index is 0.889. The maximum atomic E-state index is 4.84. The van der Waals surface area contributed by atoms with Crippen LogP contribution < -0.4 is 5.32 Å². The van der Waals surface area contributed by atoms with E-state index in [4.69, 9.17) is 4.99 Å². The summed E-state index contributed by atoms with van der Waals surface area (Å²) in [4.78, 5) is 12.1. The number of piperazine rings is 1. The number of aliphatic imine (C=N–C) groups is 1. The highest BCUT2D eigenvalue weighted by Gasteiger charge is 2.12. The van der Waals surface area contributed by atoms with Gasteiger partial charge in [-0.15, -0.1) is 0 Å². The van der Waals surface area contributed by atoms with Crippen LogP contribution in [0, 0.1) is 6.92 Å². The first kappa shape index (κ1) is 20.7. The molecule has 0 spiro atoms. The molecule has 1 heterocycles. The predicted molar refractivity (Wildman–Crippen MR) is 112 cm³/mol. The summed E-state index contributed by atoms with van der Waals surface area (Å²) < 4.78 is 0. The van der Waals surface area contributed by atoms with Crippen LogP contribution in [0.2, 0.25) is 0 Å². The molecule has 1 N–H and O–H groups in total. The van der Waals surface area contributed by atoms with Gasteiger partial charge in [0.2, 0.25) is 0 Å². The summed E-state index contributed by atoms with van der Waals surface area (Å²) in [6.07, 6.45) is 2.38. The number of nitrogens with zero attached hydrogens (tertiary/aromatic N) is 4. The van der Waals surface area contributed by atoms with Crippen molar-refractivity contribution in [1.29, 1.82) is 0 Å². The van der Waals surface area contributed by atoms with Crippen LogP contribution in [-0.2, 0) is 6.54 Å². The van der Waals surface area contributed by atoms with Gasteiger partial charge in [0, 0.05) is 52.9 Å². The maximum absolute atomic E-state index is 4.84. The molecule has 0 amide bonds. The van der Waals surface area contributed by atoms with Gasteiger partial charge < -0.3 is 20.0 Å². The lowest BCUT2D eigenvalue weighted by Gasteiger charge is -2.32. The number of guanidine groups is 1. The van der Waals surface area contributed by atoms with Crippen molar-refractivity contribution in [3.05, 3.63) is 35.4 Å². The second-order valence-electron chi connectivity index (χ2n) is 7.37. The number of rotatable bonds is 8. The van der Waals surface area contributed by atoms with Gasteiger partial charge in [0.25, 0.3) is 0 Å².